The van der Waals surface area contributed by atoms with Crippen LogP contribution in [0.25, 0.3) is 38.3 Å². The smallest absolute Gasteiger partial charge is 0.506 e. The predicted molar refractivity (Wildman–Crippen MR) is 480 cm³/mol. The standard InChI is InChI=1S/C101H126BN9O5/c1-4-7-10-13-16-19-22-25-28-31-34-37-40-48-76-51-45-54-80(69-76)114-83-60-63-86-89(73-83)97-103-96(86)104-100-90-74-84(115-81-55-46-52-77(70-81)49-41-38-35-32-29-26-23-20-17-14-11-8-5-2)62-65-88(90)99-106-101-91-75-85(116-82-56-47-53-78(71-82)50-42-39-36-33-30-27-24-21-18-15-12-9-6-3)61-64-87(91)98(105-97)109(101)102(110(99)100)113-68-67-79-59-66-95(112)94(72-79)111-107-92-57-43-44-58-93(92)108-111/h43-47,51-66,69-75,112H,4-42,48-50,67-68H2,1-3H3/b104-96-,104-100?,105-97?,105-98-. The van der Waals surface area contributed by atoms with Crippen molar-refractivity contribution in [3.8, 4) is 45.9 Å². The lowest BCUT2D eigenvalue weighted by Gasteiger charge is -2.23. The summed E-state index contributed by atoms with van der Waals surface area (Å²) in [5.41, 5.74) is 9.61. The Morgan fingerprint density at radius 2 is 0.698 bits per heavy atom. The first kappa shape index (κ1) is 82.9. The molecule has 1 N–H and O–H groups in total. The summed E-state index contributed by atoms with van der Waals surface area (Å²) < 4.78 is 32.4. The third-order valence-electron chi connectivity index (χ3n) is 23.9. The summed E-state index contributed by atoms with van der Waals surface area (Å²) in [6, 6.07) is 57.8. The van der Waals surface area contributed by atoms with Crippen molar-refractivity contribution in [3.05, 3.63) is 214 Å². The van der Waals surface area contributed by atoms with Gasteiger partial charge in [0.25, 0.3) is 0 Å². The van der Waals surface area contributed by atoms with Gasteiger partial charge in [-0.15, -0.1) is 15.0 Å². The van der Waals surface area contributed by atoms with Crippen LogP contribution in [-0.4, -0.2) is 54.5 Å². The monoisotopic (exact) mass is 1560 g/mol. The molecule has 0 saturated heterocycles. The van der Waals surface area contributed by atoms with Gasteiger partial charge in [0.2, 0.25) is 0 Å². The molecule has 8 aromatic carbocycles. The Bertz CT molecular complexity index is 5150. The molecule has 3 aliphatic rings. The molecule has 11 aromatic rings. The number of fused-ring (bicyclic) bond motifs is 11. The van der Waals surface area contributed by atoms with Crippen LogP contribution in [0.3, 0.4) is 0 Å². The molecule has 0 amide bonds. The Balaban J connectivity index is 0.763. The minimum absolute atomic E-state index is 0.0738. The number of aliphatic imine (C=N–C) groups is 2. The molecule has 6 heterocycles. The average molecular weight is 1560 g/mol. The van der Waals surface area contributed by atoms with Crippen molar-refractivity contribution in [1.29, 1.82) is 0 Å². The lowest BCUT2D eigenvalue weighted by molar-refractivity contribution is 0.307. The number of benzene rings is 8. The summed E-state index contributed by atoms with van der Waals surface area (Å²) in [6.45, 7) is 7.13. The van der Waals surface area contributed by atoms with Gasteiger partial charge in [0.15, 0.2) is 11.7 Å². The van der Waals surface area contributed by atoms with E-state index in [-0.39, 0.29) is 12.4 Å². The number of aryl methyl sites for hydroxylation is 3. The van der Waals surface area contributed by atoms with Crippen LogP contribution in [0.2, 0.25) is 0 Å². The maximum Gasteiger partial charge on any atom is 0.562 e. The molecular weight excluding hydrogens is 1430 g/mol. The molecule has 0 unspecified atom stereocenters. The molecule has 4 bridgehead atoms. The number of rotatable bonds is 53. The largest absolute Gasteiger partial charge is 0.562 e. The number of phenols is 1. The van der Waals surface area contributed by atoms with E-state index in [2.05, 4.69) is 139 Å². The second-order valence-electron chi connectivity index (χ2n) is 33.2. The van der Waals surface area contributed by atoms with E-state index in [1.807, 2.05) is 54.6 Å². The van der Waals surface area contributed by atoms with Gasteiger partial charge in [-0.05, 0) is 182 Å². The fourth-order valence-corrected chi connectivity index (χ4v) is 17.3. The second-order valence-corrected chi connectivity index (χ2v) is 33.2. The minimum atomic E-state index is -0.866. The number of ether oxygens (including phenoxy) is 3. The van der Waals surface area contributed by atoms with E-state index < -0.39 is 7.19 Å². The van der Waals surface area contributed by atoms with Crippen molar-refractivity contribution in [2.24, 2.45) is 20.0 Å². The van der Waals surface area contributed by atoms with E-state index in [9.17, 15) is 5.11 Å². The third kappa shape index (κ3) is 22.6. The summed E-state index contributed by atoms with van der Waals surface area (Å²) in [5, 5.41) is 24.2. The van der Waals surface area contributed by atoms with Gasteiger partial charge in [-0.1, -0.05) is 307 Å². The first-order valence-corrected chi connectivity index (χ1v) is 45.5. The molecule has 3 aliphatic heterocycles. The lowest BCUT2D eigenvalue weighted by atomic mass is 9.98. The highest BCUT2D eigenvalue weighted by atomic mass is 16.5. The van der Waals surface area contributed by atoms with Gasteiger partial charge < -0.3 is 32.9 Å². The fourth-order valence-electron chi connectivity index (χ4n) is 17.3. The van der Waals surface area contributed by atoms with Crippen molar-refractivity contribution < 1.29 is 24.0 Å². The molecule has 3 aromatic heterocycles. The van der Waals surface area contributed by atoms with Crippen LogP contribution >= 0.6 is 0 Å². The molecule has 0 spiro atoms. The third-order valence-corrected chi connectivity index (χ3v) is 23.9. The van der Waals surface area contributed by atoms with Crippen molar-refractivity contribution in [3.63, 3.8) is 0 Å². The Morgan fingerprint density at radius 3 is 1.18 bits per heavy atom. The molecule has 14 nitrogen and oxygen atoms in total. The molecule has 0 radical (unpaired) electrons. The Hall–Kier alpha value is -9.60. The van der Waals surface area contributed by atoms with E-state index in [4.69, 9.17) is 49.0 Å². The highest BCUT2D eigenvalue weighted by Gasteiger charge is 2.39. The Morgan fingerprint density at radius 1 is 0.302 bits per heavy atom. The lowest BCUT2D eigenvalue weighted by Crippen LogP contribution is -2.50. The van der Waals surface area contributed by atoms with Crippen LogP contribution in [0.5, 0.6) is 40.2 Å². The van der Waals surface area contributed by atoms with Crippen molar-refractivity contribution in [2.75, 3.05) is 6.61 Å². The summed E-state index contributed by atoms with van der Waals surface area (Å²) >= 11 is 0. The van der Waals surface area contributed by atoms with E-state index in [0.717, 1.165) is 105 Å². The maximum absolute atomic E-state index is 11.3. The number of nitrogens with zero attached hydrogens (tertiary/aromatic N) is 9. The maximum atomic E-state index is 11.3. The Kier molecular flexibility index (Phi) is 31.1. The highest BCUT2D eigenvalue weighted by Crippen LogP contribution is 2.44. The molecule has 0 saturated carbocycles. The zero-order chi connectivity index (χ0) is 79.3. The van der Waals surface area contributed by atoms with Crippen molar-refractivity contribution >= 4 is 63.1 Å². The first-order valence-electron chi connectivity index (χ1n) is 45.5. The van der Waals surface area contributed by atoms with Crippen LogP contribution in [0.15, 0.2) is 190 Å². The SMILES string of the molecule is CCCCCCCCCCCCCCCc1cccc(Oc2ccc3c(c2)C2=NC/3=N\c3c4cc(Oc5cccc(CCCCCCCCCCCCCCC)c5)ccc4c4n3B(OCCc3ccc(O)c(-n5nc6ccccc6n5)c3)n3c(c5cc(Oc6cccc(CCCCCCCCCCCCCCC)c6)ccc5/c3=N/2)=N4)c1. The number of hydrogen-bond donors (Lipinski definition) is 1. The van der Waals surface area contributed by atoms with Crippen LogP contribution < -0.4 is 25.2 Å². The fraction of sp³-hybridized carbons (Fsp3) is 0.465. The topological polar surface area (TPSA) is 147 Å². The molecule has 608 valence electrons. The number of hydrogen-bond acceptors (Lipinski definition) is 11. The average Bonchev–Trinajstić information content (AvgIpc) is 1.54. The number of aromatic nitrogens is 5. The zero-order valence-electron chi connectivity index (χ0n) is 70.0. The Labute approximate surface area is 690 Å². The van der Waals surface area contributed by atoms with Gasteiger partial charge >= 0.3 is 7.19 Å². The van der Waals surface area contributed by atoms with Gasteiger partial charge in [-0.3, -0.25) is 0 Å². The summed E-state index contributed by atoms with van der Waals surface area (Å²) in [7, 11) is -0.866. The number of phenolic OH excluding ortho intramolecular Hbond substituents is 1. The molecule has 14 rings (SSSR count). The summed E-state index contributed by atoms with van der Waals surface area (Å²) in [6.07, 6.45) is 55.5. The molecule has 0 fully saturated rings. The van der Waals surface area contributed by atoms with Gasteiger partial charge in [-0.2, -0.15) is 0 Å². The van der Waals surface area contributed by atoms with Crippen LogP contribution in [0.1, 0.15) is 305 Å². The van der Waals surface area contributed by atoms with Gasteiger partial charge in [0.05, 0.1) is 0 Å². The minimum Gasteiger partial charge on any atom is -0.506 e. The summed E-state index contributed by atoms with van der Waals surface area (Å²) in [4.78, 5) is 24.1. The van der Waals surface area contributed by atoms with Gasteiger partial charge in [-0.25, -0.2) is 20.0 Å². The highest BCUT2D eigenvalue weighted by molar-refractivity contribution is 6.51. The van der Waals surface area contributed by atoms with E-state index in [0.29, 0.717) is 63.6 Å². The van der Waals surface area contributed by atoms with Crippen LogP contribution in [0.4, 0.5) is 11.6 Å². The van der Waals surface area contributed by atoms with Crippen molar-refractivity contribution in [2.45, 2.75) is 297 Å². The summed E-state index contributed by atoms with van der Waals surface area (Å²) in [5.74, 6) is 6.77. The van der Waals surface area contributed by atoms with Crippen LogP contribution in [0, 0.1) is 0 Å². The van der Waals surface area contributed by atoms with Crippen LogP contribution in [-0.2, 0) is 30.3 Å². The molecular formula is C101H126BN9O5. The molecule has 116 heavy (non-hydrogen) atoms. The zero-order valence-corrected chi connectivity index (χ0v) is 70.0. The van der Waals surface area contributed by atoms with E-state index >= 15 is 0 Å². The molecule has 0 atom stereocenters. The van der Waals surface area contributed by atoms with Gasteiger partial charge in [0.1, 0.15) is 79.6 Å². The van der Waals surface area contributed by atoms with Gasteiger partial charge in [0, 0.05) is 39.3 Å². The number of unbranched alkanes of at least 4 members (excludes halogenated alkanes) is 36. The predicted octanol–water partition coefficient (Wildman–Crippen LogP) is 27.7. The number of amidine groups is 2. The molecule has 0 aliphatic carbocycles. The normalized spacial score (nSPS) is 13.4. The second kappa shape index (κ2) is 43.6. The van der Waals surface area contributed by atoms with E-state index in [1.165, 1.54) is 253 Å². The van der Waals surface area contributed by atoms with E-state index in [1.54, 1.807) is 6.07 Å². The van der Waals surface area contributed by atoms with Crippen molar-refractivity contribution in [1.82, 2.24) is 24.0 Å². The first-order chi connectivity index (χ1) is 57.3. The quantitative estimate of drug-likeness (QED) is 0.0295. The molecule has 15 heteroatoms. The number of aromatic hydroxyl groups is 1.